The molecule has 3 aromatic rings. The van der Waals surface area contributed by atoms with E-state index >= 15 is 0 Å². The van der Waals surface area contributed by atoms with Gasteiger partial charge in [-0.25, -0.2) is 4.98 Å². The predicted molar refractivity (Wildman–Crippen MR) is 87.9 cm³/mol. The minimum Gasteiger partial charge on any atom is -0.345 e. The lowest BCUT2D eigenvalue weighted by Crippen LogP contribution is -3.06. The number of hydrogen-bond acceptors (Lipinski definition) is 3. The van der Waals surface area contributed by atoms with E-state index in [1.807, 2.05) is 20.2 Å². The molecule has 0 aromatic carbocycles. The van der Waals surface area contributed by atoms with Crippen LogP contribution in [0.15, 0.2) is 35.3 Å². The second-order valence-electron chi connectivity index (χ2n) is 5.88. The highest BCUT2D eigenvalue weighted by Gasteiger charge is 2.17. The lowest BCUT2D eigenvalue weighted by Gasteiger charge is -2.09. The summed E-state index contributed by atoms with van der Waals surface area (Å²) >= 11 is 0. The van der Waals surface area contributed by atoms with Crippen LogP contribution < -0.4 is 15.8 Å². The highest BCUT2D eigenvalue weighted by molar-refractivity contribution is 5.98. The van der Waals surface area contributed by atoms with Gasteiger partial charge in [0.25, 0.3) is 11.5 Å². The molecule has 0 fully saturated rings. The number of quaternary nitrogens is 1. The number of aromatic nitrogens is 3. The number of pyridine rings is 1. The van der Waals surface area contributed by atoms with Crippen LogP contribution in [-0.2, 0) is 7.05 Å². The van der Waals surface area contributed by atoms with Crippen LogP contribution in [0.25, 0.3) is 16.7 Å². The molecule has 0 unspecified atom stereocenters. The van der Waals surface area contributed by atoms with Crippen LogP contribution in [0.1, 0.15) is 10.5 Å². The van der Waals surface area contributed by atoms with Crippen LogP contribution in [0.2, 0.25) is 0 Å². The van der Waals surface area contributed by atoms with Crippen molar-refractivity contribution in [3.8, 4) is 0 Å². The fourth-order valence-corrected chi connectivity index (χ4v) is 2.56. The maximum absolute atomic E-state index is 12.6. The van der Waals surface area contributed by atoms with E-state index < -0.39 is 0 Å². The molecule has 0 saturated carbocycles. The number of fused-ring (bicyclic) bond motifs is 2. The van der Waals surface area contributed by atoms with Crippen molar-refractivity contribution in [1.82, 2.24) is 19.3 Å². The zero-order valence-electron chi connectivity index (χ0n) is 13.5. The zero-order valence-corrected chi connectivity index (χ0v) is 13.5. The van der Waals surface area contributed by atoms with Gasteiger partial charge in [-0.3, -0.25) is 14.0 Å². The second kappa shape index (κ2) is 5.85. The van der Waals surface area contributed by atoms with Gasteiger partial charge in [-0.2, -0.15) is 0 Å². The van der Waals surface area contributed by atoms with Crippen molar-refractivity contribution in [2.24, 2.45) is 7.05 Å². The zero-order chi connectivity index (χ0) is 16.6. The Morgan fingerprint density at radius 3 is 2.87 bits per heavy atom. The fraction of sp³-hybridized carbons (Fsp3) is 0.312. The summed E-state index contributed by atoms with van der Waals surface area (Å²) in [5, 5.41) is 3.32. The molecular weight excluding hydrogens is 294 g/mol. The number of nitrogens with one attached hydrogen (secondary N) is 2. The molecule has 0 saturated heterocycles. The fourth-order valence-electron chi connectivity index (χ4n) is 2.56. The van der Waals surface area contributed by atoms with Crippen molar-refractivity contribution in [2.75, 3.05) is 27.2 Å². The molecule has 7 nitrogen and oxygen atoms in total. The van der Waals surface area contributed by atoms with Crippen molar-refractivity contribution in [1.29, 1.82) is 0 Å². The lowest BCUT2D eigenvalue weighted by atomic mass is 10.3. The van der Waals surface area contributed by atoms with E-state index in [9.17, 15) is 9.59 Å². The Labute approximate surface area is 133 Å². The van der Waals surface area contributed by atoms with E-state index in [1.165, 1.54) is 9.30 Å². The predicted octanol–water partition coefficient (Wildman–Crippen LogP) is -0.939. The van der Waals surface area contributed by atoms with Crippen molar-refractivity contribution in [2.45, 2.75) is 0 Å². The molecule has 3 rings (SSSR count). The first-order chi connectivity index (χ1) is 11.0. The third kappa shape index (κ3) is 2.70. The topological polar surface area (TPSA) is 72.8 Å². The molecule has 3 aromatic heterocycles. The van der Waals surface area contributed by atoms with E-state index in [0.29, 0.717) is 28.9 Å². The molecule has 0 bridgehead atoms. The van der Waals surface area contributed by atoms with Crippen LogP contribution in [-0.4, -0.2) is 47.0 Å². The maximum atomic E-state index is 12.6. The average Bonchev–Trinajstić information content (AvgIpc) is 2.85. The number of amides is 1. The smallest absolute Gasteiger partial charge is 0.268 e. The Morgan fingerprint density at radius 2 is 2.13 bits per heavy atom. The van der Waals surface area contributed by atoms with Crippen LogP contribution in [0.3, 0.4) is 0 Å². The Morgan fingerprint density at radius 1 is 1.35 bits per heavy atom. The standard InChI is InChI=1S/C16H19N5O2/c1-19(2)9-7-17-15(22)12-10-11-14(20(12)3)18-13-6-4-5-8-21(13)16(11)23/h4-6,8,10H,7,9H2,1-3H3,(H,17,22)/p+1. The van der Waals surface area contributed by atoms with Gasteiger partial charge in [0.05, 0.1) is 32.6 Å². The number of aryl methyl sites for hydroxylation is 1. The molecule has 0 aliphatic rings. The van der Waals surface area contributed by atoms with Gasteiger partial charge >= 0.3 is 0 Å². The van der Waals surface area contributed by atoms with Crippen LogP contribution in [0.5, 0.6) is 0 Å². The third-order valence-electron chi connectivity index (χ3n) is 3.85. The minimum absolute atomic E-state index is 0.169. The van der Waals surface area contributed by atoms with Gasteiger partial charge in [-0.05, 0) is 18.2 Å². The van der Waals surface area contributed by atoms with Crippen LogP contribution in [0, 0.1) is 0 Å². The molecule has 0 atom stereocenters. The van der Waals surface area contributed by atoms with Gasteiger partial charge < -0.3 is 14.8 Å². The molecular formula is C16H20N5O2+. The van der Waals surface area contributed by atoms with Gasteiger partial charge in [0, 0.05) is 13.2 Å². The molecule has 1 amide bonds. The molecule has 23 heavy (non-hydrogen) atoms. The highest BCUT2D eigenvalue weighted by atomic mass is 16.2. The summed E-state index contributed by atoms with van der Waals surface area (Å²) in [5.74, 6) is -0.194. The van der Waals surface area contributed by atoms with Crippen molar-refractivity contribution < 1.29 is 9.69 Å². The molecule has 3 heterocycles. The Hall–Kier alpha value is -2.67. The monoisotopic (exact) mass is 314 g/mol. The molecule has 120 valence electrons. The van der Waals surface area contributed by atoms with E-state index in [1.54, 1.807) is 36.0 Å². The molecule has 7 heteroatoms. The van der Waals surface area contributed by atoms with E-state index in [4.69, 9.17) is 0 Å². The van der Waals surface area contributed by atoms with Gasteiger partial charge in [0.15, 0.2) is 0 Å². The van der Waals surface area contributed by atoms with Crippen molar-refractivity contribution in [3.05, 3.63) is 46.5 Å². The van der Waals surface area contributed by atoms with Gasteiger partial charge in [-0.15, -0.1) is 0 Å². The van der Waals surface area contributed by atoms with Crippen LogP contribution >= 0.6 is 0 Å². The van der Waals surface area contributed by atoms with Crippen LogP contribution in [0.4, 0.5) is 0 Å². The summed E-state index contributed by atoms with van der Waals surface area (Å²) < 4.78 is 3.15. The van der Waals surface area contributed by atoms with E-state index in [2.05, 4.69) is 10.3 Å². The summed E-state index contributed by atoms with van der Waals surface area (Å²) in [7, 11) is 5.80. The van der Waals surface area contributed by atoms with Gasteiger partial charge in [-0.1, -0.05) is 6.07 Å². The lowest BCUT2D eigenvalue weighted by molar-refractivity contribution is -0.856. The normalized spacial score (nSPS) is 11.5. The number of hydrogen-bond donors (Lipinski definition) is 2. The third-order valence-corrected chi connectivity index (χ3v) is 3.85. The number of rotatable bonds is 4. The summed E-state index contributed by atoms with van der Waals surface area (Å²) in [6.45, 7) is 1.41. The Bertz CT molecular complexity index is 939. The number of carbonyl (C=O) groups excluding carboxylic acids is 1. The first kappa shape index (κ1) is 15.2. The number of nitrogens with zero attached hydrogens (tertiary/aromatic N) is 3. The molecule has 2 N–H and O–H groups in total. The second-order valence-corrected chi connectivity index (χ2v) is 5.88. The first-order valence-electron chi connectivity index (χ1n) is 7.53. The number of carbonyl (C=O) groups is 1. The van der Waals surface area contributed by atoms with Gasteiger partial charge in [0.2, 0.25) is 0 Å². The largest absolute Gasteiger partial charge is 0.345 e. The number of likely N-dealkylation sites (N-methyl/N-ethyl adjacent to an activating group) is 1. The Kier molecular flexibility index (Phi) is 3.87. The van der Waals surface area contributed by atoms with E-state index in [0.717, 1.165) is 6.54 Å². The summed E-state index contributed by atoms with van der Waals surface area (Å²) in [5.41, 5.74) is 1.35. The summed E-state index contributed by atoms with van der Waals surface area (Å²) in [6.07, 6.45) is 1.68. The van der Waals surface area contributed by atoms with Crippen molar-refractivity contribution >= 4 is 22.6 Å². The quantitative estimate of drug-likeness (QED) is 0.653. The summed E-state index contributed by atoms with van der Waals surface area (Å²) in [6, 6.07) is 6.99. The maximum Gasteiger partial charge on any atom is 0.268 e. The minimum atomic E-state index is -0.194. The SMILES string of the molecule is Cn1c(C(=O)NCC[NH+](C)C)cc2c(=O)n3ccccc3nc21. The Balaban J connectivity index is 2.04. The molecule has 0 aliphatic heterocycles. The molecule has 0 spiro atoms. The average molecular weight is 314 g/mol. The summed E-state index contributed by atoms with van der Waals surface area (Å²) in [4.78, 5) is 30.6. The van der Waals surface area contributed by atoms with Gasteiger partial charge in [0.1, 0.15) is 17.0 Å². The molecule has 0 radical (unpaired) electrons. The highest BCUT2D eigenvalue weighted by Crippen LogP contribution is 2.14. The molecule has 0 aliphatic carbocycles. The van der Waals surface area contributed by atoms with Crippen molar-refractivity contribution in [3.63, 3.8) is 0 Å². The van der Waals surface area contributed by atoms with E-state index in [-0.39, 0.29) is 11.5 Å². The first-order valence-corrected chi connectivity index (χ1v) is 7.53.